The number of aliphatic hydroxyl groups is 2. The maximum Gasteiger partial charge on any atom is 0.338 e. The molecular weight excluding hydrogens is 763 g/mol. The van der Waals surface area contributed by atoms with Crippen LogP contribution in [-0.2, 0) is 33.2 Å². The first-order chi connectivity index (χ1) is 29.1. The summed E-state index contributed by atoms with van der Waals surface area (Å²) in [6.45, 7) is 3.51. The maximum absolute atomic E-state index is 14.5. The minimum atomic E-state index is -1.77. The van der Waals surface area contributed by atoms with Crippen molar-refractivity contribution in [3.8, 4) is 0 Å². The molecule has 5 saturated carbocycles. The summed E-state index contributed by atoms with van der Waals surface area (Å²) in [5.74, 6) is -2.78. The molecule has 7 rings (SSSR count). The molecule has 1 spiro atoms. The summed E-state index contributed by atoms with van der Waals surface area (Å²) in [5.41, 5.74) is -3.96. The van der Waals surface area contributed by atoms with Gasteiger partial charge in [-0.15, -0.1) is 0 Å². The fourth-order valence-corrected chi connectivity index (χ4v) is 14.9. The highest BCUT2D eigenvalue weighted by Gasteiger charge is 2.91. The number of hydrogen-bond donors (Lipinski definition) is 2. The minimum absolute atomic E-state index is 0.109. The maximum atomic E-state index is 14.5. The predicted molar refractivity (Wildman–Crippen MR) is 228 cm³/mol. The first-order valence-electron chi connectivity index (χ1n) is 23.7. The topological polar surface area (TPSA) is 133 Å². The third kappa shape index (κ3) is 7.49. The fourth-order valence-electron chi connectivity index (χ4n) is 14.9. The smallest absolute Gasteiger partial charge is 0.338 e. The summed E-state index contributed by atoms with van der Waals surface area (Å²) >= 11 is 0. The Morgan fingerprint density at radius 3 is 1.98 bits per heavy atom. The number of nitrogens with zero attached hydrogens (tertiary/aromatic N) is 1. The van der Waals surface area contributed by atoms with Crippen molar-refractivity contribution < 1.29 is 48.2 Å². The first-order valence-corrected chi connectivity index (χ1v) is 23.7. The lowest BCUT2D eigenvalue weighted by molar-refractivity contribution is -0.317. The number of unbranched alkanes of at least 4 members (excludes halogenated alkanes) is 14. The Labute approximate surface area is 359 Å². The molecule has 7 bridgehead atoms. The highest BCUT2D eigenvalue weighted by molar-refractivity contribution is 5.89. The fraction of sp³-hybridized carbons (Fsp3) is 0.837. The third-order valence-corrected chi connectivity index (χ3v) is 16.7. The highest BCUT2D eigenvalue weighted by Crippen LogP contribution is 2.80. The highest BCUT2D eigenvalue weighted by atomic mass is 16.6. The van der Waals surface area contributed by atoms with Gasteiger partial charge in [-0.3, -0.25) is 4.79 Å². The van der Waals surface area contributed by atoms with Crippen LogP contribution in [0.2, 0.25) is 0 Å². The van der Waals surface area contributed by atoms with Gasteiger partial charge in [0.25, 0.3) is 0 Å². The monoisotopic (exact) mass is 840 g/mol. The molecule has 0 amide bonds. The van der Waals surface area contributed by atoms with Gasteiger partial charge in [-0.1, -0.05) is 115 Å². The molecule has 60 heavy (non-hydrogen) atoms. The zero-order chi connectivity index (χ0) is 42.7. The van der Waals surface area contributed by atoms with Gasteiger partial charge in [0.1, 0.15) is 23.9 Å². The van der Waals surface area contributed by atoms with E-state index in [1.807, 2.05) is 6.07 Å². The van der Waals surface area contributed by atoms with E-state index in [0.717, 1.165) is 38.6 Å². The van der Waals surface area contributed by atoms with Crippen LogP contribution in [0.4, 0.5) is 0 Å². The first kappa shape index (κ1) is 45.9. The number of carbonyl (C=O) groups is 2. The molecule has 6 aliphatic rings. The van der Waals surface area contributed by atoms with Crippen LogP contribution < -0.4 is 0 Å². The number of fused-ring (bicyclic) bond motifs is 2. The standard InChI is InChI=1S/C49H77NO10/c1-7-8-9-10-11-12-13-14-15-16-17-18-19-20-24-27-36(51)60-49-37-34(30-47(54,44(58-6)42(49)52)43(37)59-45(53)33-25-22-21-23-26-33)48-35(56-4)28-29-46(32-55-3)31-50(2)41(48)38(49)39(57-5)40(46)48/h21-23,25-26,34-35,37-44,52,54H,7-20,24,27-32H2,1-6H3/t34?,35-,37?,38?,39?,40?,41?,42?,43?,44-,46+,47+,48-,49+/m0/s1. The second kappa shape index (κ2) is 19.3. The molecule has 0 radical (unpaired) electrons. The van der Waals surface area contributed by atoms with Crippen molar-refractivity contribution in [2.45, 2.75) is 177 Å². The molecule has 1 saturated heterocycles. The summed E-state index contributed by atoms with van der Waals surface area (Å²) < 4.78 is 38.8. The molecule has 14 atom stereocenters. The Morgan fingerprint density at radius 1 is 0.800 bits per heavy atom. The van der Waals surface area contributed by atoms with Crippen LogP contribution in [0.15, 0.2) is 30.3 Å². The van der Waals surface area contributed by atoms with Crippen LogP contribution in [0.1, 0.15) is 139 Å². The molecule has 1 aromatic carbocycles. The number of benzene rings is 1. The van der Waals surface area contributed by atoms with E-state index in [2.05, 4.69) is 18.9 Å². The molecule has 338 valence electrons. The van der Waals surface area contributed by atoms with Crippen molar-refractivity contribution in [2.24, 2.45) is 34.5 Å². The van der Waals surface area contributed by atoms with Crippen molar-refractivity contribution in [3.63, 3.8) is 0 Å². The zero-order valence-corrected chi connectivity index (χ0v) is 37.6. The molecule has 11 nitrogen and oxygen atoms in total. The van der Waals surface area contributed by atoms with E-state index >= 15 is 0 Å². The van der Waals surface area contributed by atoms with Crippen LogP contribution in [0, 0.1) is 34.5 Å². The molecule has 8 unspecified atom stereocenters. The number of likely N-dealkylation sites (tertiary alicyclic amines) is 1. The number of ether oxygens (including phenoxy) is 6. The second-order valence-corrected chi connectivity index (χ2v) is 19.8. The number of esters is 2. The number of methoxy groups -OCH3 is 4. The molecular formula is C49H77NO10. The summed E-state index contributed by atoms with van der Waals surface area (Å²) in [7, 11) is 8.82. The normalized spacial score (nSPS) is 39.8. The number of rotatable bonds is 24. The van der Waals surface area contributed by atoms with Crippen molar-refractivity contribution in [3.05, 3.63) is 35.9 Å². The minimum Gasteiger partial charge on any atom is -0.455 e. The van der Waals surface area contributed by atoms with Gasteiger partial charge >= 0.3 is 11.9 Å². The van der Waals surface area contributed by atoms with Gasteiger partial charge in [-0.05, 0) is 50.8 Å². The van der Waals surface area contributed by atoms with Crippen LogP contribution in [0.5, 0.6) is 0 Å². The van der Waals surface area contributed by atoms with Crippen molar-refractivity contribution in [1.82, 2.24) is 4.90 Å². The zero-order valence-electron chi connectivity index (χ0n) is 37.6. The van der Waals surface area contributed by atoms with Gasteiger partial charge in [0, 0.05) is 76.0 Å². The Kier molecular flexibility index (Phi) is 14.8. The van der Waals surface area contributed by atoms with Crippen LogP contribution >= 0.6 is 0 Å². The number of hydrogen-bond acceptors (Lipinski definition) is 11. The van der Waals surface area contributed by atoms with E-state index in [1.54, 1.807) is 45.6 Å². The lowest BCUT2D eigenvalue weighted by Gasteiger charge is -2.69. The van der Waals surface area contributed by atoms with Gasteiger partial charge in [0.05, 0.1) is 24.4 Å². The average Bonchev–Trinajstić information content (AvgIpc) is 3.64. The van der Waals surface area contributed by atoms with E-state index in [4.69, 9.17) is 28.4 Å². The van der Waals surface area contributed by atoms with Crippen molar-refractivity contribution in [1.29, 1.82) is 0 Å². The average molecular weight is 840 g/mol. The molecule has 1 heterocycles. The summed E-state index contributed by atoms with van der Waals surface area (Å²) in [5, 5.41) is 26.0. The SMILES string of the molecule is CCCCCCCCCCCCCCCCCC(=O)O[C@@]12C3C(OC)C4[C@]5(COC)CC[C@H](OC)[C@]4(C4C[C@@](O)(C(OC(=O)c6ccccc6)C41)[C@@H](OC)C2O)C3N(C)C5. The number of aliphatic hydroxyl groups excluding tert-OH is 1. The second-order valence-electron chi connectivity index (χ2n) is 19.8. The van der Waals surface area contributed by atoms with E-state index < -0.39 is 64.8 Å². The Morgan fingerprint density at radius 2 is 1.42 bits per heavy atom. The number of piperidine rings is 1. The van der Waals surface area contributed by atoms with Gasteiger partial charge in [0.15, 0.2) is 5.60 Å². The van der Waals surface area contributed by atoms with E-state index in [0.29, 0.717) is 18.6 Å². The Hall–Kier alpha value is -2.12. The third-order valence-electron chi connectivity index (χ3n) is 16.7. The van der Waals surface area contributed by atoms with Gasteiger partial charge in [0.2, 0.25) is 0 Å². The largest absolute Gasteiger partial charge is 0.455 e. The van der Waals surface area contributed by atoms with Gasteiger partial charge < -0.3 is 43.5 Å². The summed E-state index contributed by atoms with van der Waals surface area (Å²) in [6, 6.07) is 8.54. The van der Waals surface area contributed by atoms with E-state index in [-0.39, 0.29) is 42.2 Å². The van der Waals surface area contributed by atoms with E-state index in [9.17, 15) is 19.8 Å². The molecule has 2 N–H and O–H groups in total. The van der Waals surface area contributed by atoms with Gasteiger partial charge in [-0.2, -0.15) is 0 Å². The molecule has 1 aromatic rings. The van der Waals surface area contributed by atoms with E-state index in [1.165, 1.54) is 77.7 Å². The molecule has 5 aliphatic carbocycles. The Balaban J connectivity index is 1.14. The van der Waals surface area contributed by atoms with Crippen LogP contribution in [0.3, 0.4) is 0 Å². The van der Waals surface area contributed by atoms with Gasteiger partial charge in [-0.25, -0.2) is 4.79 Å². The van der Waals surface area contributed by atoms with Crippen LogP contribution in [-0.4, -0.2) is 123 Å². The molecule has 1 aliphatic heterocycles. The lowest BCUT2D eigenvalue weighted by Crippen LogP contribution is -2.80. The summed E-state index contributed by atoms with van der Waals surface area (Å²) in [4.78, 5) is 30.9. The van der Waals surface area contributed by atoms with Crippen LogP contribution in [0.25, 0.3) is 0 Å². The summed E-state index contributed by atoms with van der Waals surface area (Å²) in [6.07, 6.45) is 16.0. The molecule has 6 fully saturated rings. The Bertz CT molecular complexity index is 1580. The molecule has 11 heteroatoms. The lowest BCUT2D eigenvalue weighted by atomic mass is 9.43. The number of carbonyl (C=O) groups excluding carboxylic acids is 2. The molecule has 0 aromatic heterocycles. The predicted octanol–water partition coefficient (Wildman–Crippen LogP) is 7.53. The van der Waals surface area contributed by atoms with Crippen molar-refractivity contribution in [2.75, 3.05) is 48.6 Å². The van der Waals surface area contributed by atoms with Crippen molar-refractivity contribution >= 4 is 11.9 Å². The quantitative estimate of drug-likeness (QED) is 0.0791.